The van der Waals surface area contributed by atoms with Crippen molar-refractivity contribution in [1.29, 1.82) is 0 Å². The molecule has 0 heterocycles. The Morgan fingerprint density at radius 3 is 2.42 bits per heavy atom. The summed E-state index contributed by atoms with van der Waals surface area (Å²) in [6.45, 7) is 3.60. The Morgan fingerprint density at radius 2 is 1.83 bits per heavy atom. The van der Waals surface area contributed by atoms with Gasteiger partial charge in [-0.2, -0.15) is 0 Å². The molecule has 5 nitrogen and oxygen atoms in total. The summed E-state index contributed by atoms with van der Waals surface area (Å²) < 4.78 is 0. The van der Waals surface area contributed by atoms with Gasteiger partial charge in [0, 0.05) is 32.9 Å². The number of rotatable bonds is 4. The van der Waals surface area contributed by atoms with Crippen LogP contribution in [0, 0.1) is 0 Å². The van der Waals surface area contributed by atoms with Crippen molar-refractivity contribution in [1.82, 2.24) is 10.2 Å². The summed E-state index contributed by atoms with van der Waals surface area (Å²) in [4.78, 5) is 24.8. The van der Waals surface area contributed by atoms with Crippen molar-refractivity contribution < 1.29 is 14.7 Å². The van der Waals surface area contributed by atoms with E-state index in [0.717, 1.165) is 12.8 Å². The lowest BCUT2D eigenvalue weighted by Gasteiger charge is -2.34. The van der Waals surface area contributed by atoms with Gasteiger partial charge in [-0.15, -0.1) is 0 Å². The lowest BCUT2D eigenvalue weighted by atomic mass is 9.74. The molecule has 1 saturated carbocycles. The van der Waals surface area contributed by atoms with E-state index in [4.69, 9.17) is 0 Å². The maximum absolute atomic E-state index is 11.7. The number of aliphatic hydroxyl groups excluding tert-OH is 1. The molecule has 1 aromatic rings. The second-order valence-corrected chi connectivity index (χ2v) is 6.90. The minimum absolute atomic E-state index is 0.0341. The highest BCUT2D eigenvalue weighted by Crippen LogP contribution is 2.39. The van der Waals surface area contributed by atoms with Crippen molar-refractivity contribution in [2.75, 3.05) is 13.6 Å². The Morgan fingerprint density at radius 1 is 1.21 bits per heavy atom. The minimum atomic E-state index is -0.540. The maximum Gasteiger partial charge on any atom is 0.219 e. The van der Waals surface area contributed by atoms with Gasteiger partial charge in [0.25, 0.3) is 0 Å². The third kappa shape index (κ3) is 4.15. The fraction of sp³-hybridized carbons (Fsp3) is 0.579. The van der Waals surface area contributed by atoms with Crippen LogP contribution >= 0.6 is 0 Å². The molecule has 24 heavy (non-hydrogen) atoms. The third-order valence-electron chi connectivity index (χ3n) is 5.34. The highest BCUT2D eigenvalue weighted by molar-refractivity contribution is 5.73. The van der Waals surface area contributed by atoms with Crippen LogP contribution < -0.4 is 5.32 Å². The summed E-state index contributed by atoms with van der Waals surface area (Å²) in [5.41, 5.74) is 0.970. The van der Waals surface area contributed by atoms with Gasteiger partial charge in [0.15, 0.2) is 0 Å². The van der Waals surface area contributed by atoms with E-state index in [1.165, 1.54) is 19.4 Å². The number of aliphatic hydroxyl groups is 1. The molecule has 132 valence electrons. The van der Waals surface area contributed by atoms with Gasteiger partial charge in [-0.3, -0.25) is 9.59 Å². The van der Waals surface area contributed by atoms with Crippen LogP contribution in [0.2, 0.25) is 0 Å². The Bertz CT molecular complexity index is 575. The Balaban J connectivity index is 2.28. The van der Waals surface area contributed by atoms with Gasteiger partial charge in [0.1, 0.15) is 0 Å². The first-order valence-corrected chi connectivity index (χ1v) is 8.57. The van der Waals surface area contributed by atoms with Gasteiger partial charge in [0.05, 0.1) is 12.1 Å². The van der Waals surface area contributed by atoms with E-state index in [0.29, 0.717) is 19.4 Å². The van der Waals surface area contributed by atoms with Crippen LogP contribution in [0.1, 0.15) is 45.1 Å². The predicted octanol–water partition coefficient (Wildman–Crippen LogP) is 1.84. The first-order valence-electron chi connectivity index (χ1n) is 8.57. The van der Waals surface area contributed by atoms with Crippen LogP contribution in [0.5, 0.6) is 0 Å². The summed E-state index contributed by atoms with van der Waals surface area (Å²) in [7, 11) is 1.75. The monoisotopic (exact) mass is 332 g/mol. The Kier molecular flexibility index (Phi) is 5.99. The zero-order chi connectivity index (χ0) is 17.7. The van der Waals surface area contributed by atoms with Gasteiger partial charge < -0.3 is 15.3 Å². The first kappa shape index (κ1) is 18.5. The van der Waals surface area contributed by atoms with Crippen molar-refractivity contribution in [3.63, 3.8) is 0 Å². The normalized spacial score (nSPS) is 27.2. The quantitative estimate of drug-likeness (QED) is 0.827. The first-order chi connectivity index (χ1) is 11.4. The van der Waals surface area contributed by atoms with Gasteiger partial charge in [0.2, 0.25) is 11.8 Å². The van der Waals surface area contributed by atoms with Crippen LogP contribution in [-0.2, 0) is 15.0 Å². The van der Waals surface area contributed by atoms with Crippen LogP contribution in [-0.4, -0.2) is 47.6 Å². The van der Waals surface area contributed by atoms with Gasteiger partial charge >= 0.3 is 0 Å². The molecule has 0 aromatic heterocycles. The predicted molar refractivity (Wildman–Crippen MR) is 93.5 cm³/mol. The number of likely N-dealkylation sites (N-methyl/N-ethyl adjacent to an activating group) is 1. The average Bonchev–Trinajstić information content (AvgIpc) is 2.73. The Hall–Kier alpha value is -1.88. The molecule has 3 atom stereocenters. The fourth-order valence-electron chi connectivity index (χ4n) is 3.70. The van der Waals surface area contributed by atoms with E-state index >= 15 is 0 Å². The van der Waals surface area contributed by atoms with Crippen molar-refractivity contribution in [2.45, 2.75) is 57.1 Å². The smallest absolute Gasteiger partial charge is 0.219 e. The summed E-state index contributed by atoms with van der Waals surface area (Å²) in [5.74, 6) is -0.0828. The van der Waals surface area contributed by atoms with Crippen molar-refractivity contribution >= 4 is 11.8 Å². The molecule has 2 N–H and O–H groups in total. The van der Waals surface area contributed by atoms with Crippen molar-refractivity contribution in [3.05, 3.63) is 35.9 Å². The molecule has 0 bridgehead atoms. The van der Waals surface area contributed by atoms with E-state index in [-0.39, 0.29) is 23.3 Å². The number of amides is 2. The number of nitrogens with zero attached hydrogens (tertiary/aromatic N) is 1. The highest BCUT2D eigenvalue weighted by Gasteiger charge is 2.39. The standard InChI is InChI=1S/C19H28N2O3/c1-14(22)20-13-19(16-7-5-4-6-8-16)11-9-17(18(24)10-12-19)21(3)15(2)23/h4-8,17-18,24H,9-13H2,1-3H3,(H,20,22)/t17-,18-,19+/m0/s1. The zero-order valence-corrected chi connectivity index (χ0v) is 14.8. The van der Waals surface area contributed by atoms with Gasteiger partial charge in [-0.25, -0.2) is 0 Å². The molecule has 0 radical (unpaired) electrons. The van der Waals surface area contributed by atoms with Gasteiger partial charge in [-0.05, 0) is 31.2 Å². The summed E-state index contributed by atoms with van der Waals surface area (Å²) in [5, 5.41) is 13.5. The molecule has 2 rings (SSSR count). The van der Waals surface area contributed by atoms with Crippen LogP contribution in [0.25, 0.3) is 0 Å². The Labute approximate surface area is 144 Å². The highest BCUT2D eigenvalue weighted by atomic mass is 16.3. The van der Waals surface area contributed by atoms with Gasteiger partial charge in [-0.1, -0.05) is 30.3 Å². The number of carbonyl (C=O) groups is 2. The number of carbonyl (C=O) groups excluding carboxylic acids is 2. The molecule has 0 saturated heterocycles. The molecule has 0 unspecified atom stereocenters. The maximum atomic E-state index is 11.7. The number of hydrogen-bond donors (Lipinski definition) is 2. The molecule has 0 aliphatic heterocycles. The fourth-order valence-corrected chi connectivity index (χ4v) is 3.70. The van der Waals surface area contributed by atoms with E-state index in [2.05, 4.69) is 17.4 Å². The molecular formula is C19H28N2O3. The molecule has 1 fully saturated rings. The molecule has 1 aromatic carbocycles. The number of hydrogen-bond acceptors (Lipinski definition) is 3. The topological polar surface area (TPSA) is 69.6 Å². The van der Waals surface area contributed by atoms with Crippen molar-refractivity contribution in [2.24, 2.45) is 0 Å². The second kappa shape index (κ2) is 7.79. The molecule has 0 spiro atoms. The van der Waals surface area contributed by atoms with Crippen LogP contribution in [0.15, 0.2) is 30.3 Å². The largest absolute Gasteiger partial charge is 0.391 e. The lowest BCUT2D eigenvalue weighted by molar-refractivity contribution is -0.132. The SMILES string of the molecule is CC(=O)NC[C@]1(c2ccccc2)CC[C@H](O)[C@@H](N(C)C(C)=O)CC1. The van der Waals surface area contributed by atoms with E-state index in [9.17, 15) is 14.7 Å². The average molecular weight is 332 g/mol. The molecule has 1 aliphatic carbocycles. The summed E-state index contributed by atoms with van der Waals surface area (Å²) >= 11 is 0. The van der Waals surface area contributed by atoms with Crippen LogP contribution in [0.3, 0.4) is 0 Å². The molecule has 5 heteroatoms. The van der Waals surface area contributed by atoms with Crippen LogP contribution in [0.4, 0.5) is 0 Å². The lowest BCUT2D eigenvalue weighted by Crippen LogP contribution is -2.43. The zero-order valence-electron chi connectivity index (χ0n) is 14.8. The molecule has 2 amide bonds. The van der Waals surface area contributed by atoms with E-state index in [1.807, 2.05) is 18.2 Å². The summed E-state index contributed by atoms with van der Waals surface area (Å²) in [6, 6.07) is 9.99. The van der Waals surface area contributed by atoms with E-state index in [1.54, 1.807) is 11.9 Å². The summed E-state index contributed by atoms with van der Waals surface area (Å²) in [6.07, 6.45) is 2.38. The number of benzene rings is 1. The van der Waals surface area contributed by atoms with E-state index < -0.39 is 6.10 Å². The minimum Gasteiger partial charge on any atom is -0.391 e. The second-order valence-electron chi connectivity index (χ2n) is 6.90. The van der Waals surface area contributed by atoms with Crippen molar-refractivity contribution in [3.8, 4) is 0 Å². The number of nitrogens with one attached hydrogen (secondary N) is 1. The third-order valence-corrected chi connectivity index (χ3v) is 5.34. The molecule has 1 aliphatic rings. The molecular weight excluding hydrogens is 304 g/mol.